The van der Waals surface area contributed by atoms with E-state index in [2.05, 4.69) is 17.0 Å². The van der Waals surface area contributed by atoms with Gasteiger partial charge in [0.25, 0.3) is 0 Å². The fourth-order valence-electron chi connectivity index (χ4n) is 2.26. The van der Waals surface area contributed by atoms with Gasteiger partial charge in [-0.25, -0.2) is 0 Å². The molecule has 0 aliphatic heterocycles. The Kier molecular flexibility index (Phi) is 2.69. The number of anilines is 1. The van der Waals surface area contributed by atoms with Gasteiger partial charge in [0.1, 0.15) is 5.82 Å². The molecule has 0 bridgehead atoms. The lowest BCUT2D eigenvalue weighted by molar-refractivity contribution is 0.280. The molecule has 0 amide bonds. The Morgan fingerprint density at radius 2 is 2.20 bits per heavy atom. The number of hydrogen-bond donors (Lipinski definition) is 1. The first kappa shape index (κ1) is 10.5. The van der Waals surface area contributed by atoms with Gasteiger partial charge in [0.05, 0.1) is 12.3 Å². The Morgan fingerprint density at radius 1 is 1.53 bits per heavy atom. The standard InChI is InChI=1S/C11H19N3O/c1-8-10(7-15)11(14(3)12-8)13(2)9-5-4-6-9/h9,15H,4-7H2,1-3H3. The molecular formula is C11H19N3O. The van der Waals surface area contributed by atoms with E-state index in [9.17, 15) is 5.11 Å². The van der Waals surface area contributed by atoms with Gasteiger partial charge in [-0.1, -0.05) is 0 Å². The van der Waals surface area contributed by atoms with Crippen LogP contribution in [-0.4, -0.2) is 28.0 Å². The predicted octanol–water partition coefficient (Wildman–Crippen LogP) is 1.21. The van der Waals surface area contributed by atoms with E-state index in [1.807, 2.05) is 18.7 Å². The second-order valence-electron chi connectivity index (χ2n) is 4.36. The summed E-state index contributed by atoms with van der Waals surface area (Å²) in [6.45, 7) is 2.02. The van der Waals surface area contributed by atoms with Crippen LogP contribution >= 0.6 is 0 Å². The van der Waals surface area contributed by atoms with Gasteiger partial charge in [-0.05, 0) is 26.2 Å². The van der Waals surface area contributed by atoms with E-state index in [4.69, 9.17) is 0 Å². The Morgan fingerprint density at radius 3 is 2.67 bits per heavy atom. The third-order valence-electron chi connectivity index (χ3n) is 3.43. The normalized spacial score (nSPS) is 16.5. The van der Waals surface area contributed by atoms with Crippen molar-refractivity contribution in [3.8, 4) is 0 Å². The zero-order valence-corrected chi connectivity index (χ0v) is 9.69. The summed E-state index contributed by atoms with van der Waals surface area (Å²) in [5.41, 5.74) is 1.90. The van der Waals surface area contributed by atoms with Gasteiger partial charge in [-0.2, -0.15) is 5.10 Å². The molecule has 0 unspecified atom stereocenters. The van der Waals surface area contributed by atoms with E-state index in [1.165, 1.54) is 19.3 Å². The molecule has 1 aliphatic carbocycles. The molecule has 1 heterocycles. The number of nitrogens with zero attached hydrogens (tertiary/aromatic N) is 3. The van der Waals surface area contributed by atoms with Crippen LogP contribution in [0.4, 0.5) is 5.82 Å². The van der Waals surface area contributed by atoms with Gasteiger partial charge in [-0.3, -0.25) is 4.68 Å². The molecule has 0 saturated heterocycles. The van der Waals surface area contributed by atoms with Crippen LogP contribution in [0.25, 0.3) is 0 Å². The van der Waals surface area contributed by atoms with Crippen LogP contribution in [0.2, 0.25) is 0 Å². The molecule has 0 radical (unpaired) electrons. The van der Waals surface area contributed by atoms with E-state index in [-0.39, 0.29) is 6.61 Å². The van der Waals surface area contributed by atoms with Crippen molar-refractivity contribution in [2.24, 2.45) is 7.05 Å². The molecule has 84 valence electrons. The molecular weight excluding hydrogens is 190 g/mol. The highest BCUT2D eigenvalue weighted by Crippen LogP contribution is 2.31. The first-order chi connectivity index (χ1) is 7.15. The van der Waals surface area contributed by atoms with Crippen molar-refractivity contribution in [3.63, 3.8) is 0 Å². The summed E-state index contributed by atoms with van der Waals surface area (Å²) in [5.74, 6) is 1.07. The van der Waals surface area contributed by atoms with Crippen LogP contribution in [0.1, 0.15) is 30.5 Å². The average Bonchev–Trinajstić information content (AvgIpc) is 2.37. The minimum absolute atomic E-state index is 0.0755. The van der Waals surface area contributed by atoms with Crippen LogP contribution in [0, 0.1) is 6.92 Å². The summed E-state index contributed by atoms with van der Waals surface area (Å²) in [6, 6.07) is 0.630. The van der Waals surface area contributed by atoms with Crippen LogP contribution in [0.15, 0.2) is 0 Å². The number of aryl methyl sites for hydroxylation is 2. The van der Waals surface area contributed by atoms with Crippen molar-refractivity contribution in [1.82, 2.24) is 9.78 Å². The highest BCUT2D eigenvalue weighted by molar-refractivity contribution is 5.50. The number of aliphatic hydroxyl groups is 1. The lowest BCUT2D eigenvalue weighted by Gasteiger charge is -2.36. The molecule has 1 saturated carbocycles. The first-order valence-corrected chi connectivity index (χ1v) is 5.51. The number of hydrogen-bond acceptors (Lipinski definition) is 3. The topological polar surface area (TPSA) is 41.3 Å². The van der Waals surface area contributed by atoms with Crippen molar-refractivity contribution in [3.05, 3.63) is 11.3 Å². The average molecular weight is 209 g/mol. The lowest BCUT2D eigenvalue weighted by Crippen LogP contribution is -2.38. The zero-order valence-electron chi connectivity index (χ0n) is 9.69. The summed E-state index contributed by atoms with van der Waals surface area (Å²) in [7, 11) is 4.04. The molecule has 2 rings (SSSR count). The quantitative estimate of drug-likeness (QED) is 0.813. The van der Waals surface area contributed by atoms with Crippen molar-refractivity contribution in [2.45, 2.75) is 38.8 Å². The van der Waals surface area contributed by atoms with Gasteiger partial charge in [0.2, 0.25) is 0 Å². The van der Waals surface area contributed by atoms with E-state index in [0.29, 0.717) is 6.04 Å². The maximum atomic E-state index is 9.35. The van der Waals surface area contributed by atoms with Crippen molar-refractivity contribution >= 4 is 5.82 Å². The number of rotatable bonds is 3. The lowest BCUT2D eigenvalue weighted by atomic mass is 9.91. The smallest absolute Gasteiger partial charge is 0.132 e. The Balaban J connectivity index is 2.32. The molecule has 0 aromatic carbocycles. The van der Waals surface area contributed by atoms with Crippen molar-refractivity contribution in [2.75, 3.05) is 11.9 Å². The first-order valence-electron chi connectivity index (χ1n) is 5.51. The zero-order chi connectivity index (χ0) is 11.0. The molecule has 4 nitrogen and oxygen atoms in total. The monoisotopic (exact) mass is 209 g/mol. The van der Waals surface area contributed by atoms with E-state index in [1.54, 1.807) is 0 Å². The summed E-state index contributed by atoms with van der Waals surface area (Å²) in [4.78, 5) is 2.26. The number of aliphatic hydroxyl groups excluding tert-OH is 1. The fraction of sp³-hybridized carbons (Fsp3) is 0.727. The minimum Gasteiger partial charge on any atom is -0.391 e. The molecule has 1 aliphatic rings. The highest BCUT2D eigenvalue weighted by Gasteiger charge is 2.26. The molecule has 1 aromatic heterocycles. The van der Waals surface area contributed by atoms with Crippen LogP contribution in [0.3, 0.4) is 0 Å². The largest absolute Gasteiger partial charge is 0.391 e. The summed E-state index contributed by atoms with van der Waals surface area (Å²) < 4.78 is 1.87. The highest BCUT2D eigenvalue weighted by atomic mass is 16.3. The SMILES string of the molecule is Cc1nn(C)c(N(C)C2CCC2)c1CO. The van der Waals surface area contributed by atoms with Crippen LogP contribution < -0.4 is 4.90 Å². The molecule has 0 spiro atoms. The van der Waals surface area contributed by atoms with Crippen LogP contribution in [-0.2, 0) is 13.7 Å². The Bertz CT molecular complexity index is 355. The van der Waals surface area contributed by atoms with Gasteiger partial charge >= 0.3 is 0 Å². The molecule has 1 aromatic rings. The van der Waals surface area contributed by atoms with E-state index < -0.39 is 0 Å². The maximum absolute atomic E-state index is 9.35. The number of aromatic nitrogens is 2. The van der Waals surface area contributed by atoms with E-state index in [0.717, 1.165) is 17.1 Å². The summed E-state index contributed by atoms with van der Waals surface area (Å²) >= 11 is 0. The molecule has 4 heteroatoms. The van der Waals surface area contributed by atoms with Gasteiger partial charge in [0.15, 0.2) is 0 Å². The van der Waals surface area contributed by atoms with Gasteiger partial charge in [0, 0.05) is 25.7 Å². The Labute approximate surface area is 90.5 Å². The van der Waals surface area contributed by atoms with Crippen molar-refractivity contribution < 1.29 is 5.11 Å². The third-order valence-corrected chi connectivity index (χ3v) is 3.43. The van der Waals surface area contributed by atoms with Gasteiger partial charge in [-0.15, -0.1) is 0 Å². The maximum Gasteiger partial charge on any atom is 0.132 e. The second-order valence-corrected chi connectivity index (χ2v) is 4.36. The minimum atomic E-state index is 0.0755. The van der Waals surface area contributed by atoms with E-state index >= 15 is 0 Å². The molecule has 1 N–H and O–H groups in total. The van der Waals surface area contributed by atoms with Crippen molar-refractivity contribution in [1.29, 1.82) is 0 Å². The molecule has 0 atom stereocenters. The van der Waals surface area contributed by atoms with Crippen LogP contribution in [0.5, 0.6) is 0 Å². The van der Waals surface area contributed by atoms with Gasteiger partial charge < -0.3 is 10.0 Å². The third kappa shape index (κ3) is 1.63. The molecule has 1 fully saturated rings. The summed E-state index contributed by atoms with van der Waals surface area (Å²) in [6.07, 6.45) is 3.83. The summed E-state index contributed by atoms with van der Waals surface area (Å²) in [5, 5.41) is 13.7. The fourth-order valence-corrected chi connectivity index (χ4v) is 2.26. The second kappa shape index (κ2) is 3.85. The predicted molar refractivity (Wildman–Crippen MR) is 59.9 cm³/mol. The molecule has 15 heavy (non-hydrogen) atoms. The Hall–Kier alpha value is -1.03.